The standard InChI is InChI=1S/C23H27ClN4/c24-19-8-9-21-18(14-19)7-6-17-4-3-12-27-23(17)22(21)10-13-25-11-2-1-5-20-15-26-16-28-20/h3-4,8-9,12,14-16,22,25H,1-2,5-7,10-11,13H2,(H,26,28). The molecular weight excluding hydrogens is 368 g/mol. The van der Waals surface area contributed by atoms with Gasteiger partial charge in [-0.1, -0.05) is 23.7 Å². The molecule has 1 aromatic carbocycles. The van der Waals surface area contributed by atoms with Crippen molar-refractivity contribution in [3.05, 3.63) is 82.2 Å². The second kappa shape index (κ2) is 9.35. The molecule has 4 rings (SSSR count). The molecule has 5 heteroatoms. The van der Waals surface area contributed by atoms with Crippen LogP contribution >= 0.6 is 11.6 Å². The molecule has 1 unspecified atom stereocenters. The number of aromatic amines is 1. The summed E-state index contributed by atoms with van der Waals surface area (Å²) >= 11 is 6.27. The minimum absolute atomic E-state index is 0.337. The summed E-state index contributed by atoms with van der Waals surface area (Å²) in [7, 11) is 0. The molecule has 28 heavy (non-hydrogen) atoms. The fraction of sp³-hybridized carbons (Fsp3) is 0.391. The van der Waals surface area contributed by atoms with E-state index in [-0.39, 0.29) is 0 Å². The van der Waals surface area contributed by atoms with Crippen molar-refractivity contribution in [2.75, 3.05) is 13.1 Å². The highest BCUT2D eigenvalue weighted by molar-refractivity contribution is 6.30. The molecule has 3 aromatic rings. The molecule has 2 heterocycles. The van der Waals surface area contributed by atoms with Crippen molar-refractivity contribution < 1.29 is 0 Å². The molecule has 2 aromatic heterocycles. The van der Waals surface area contributed by atoms with Crippen molar-refractivity contribution in [1.82, 2.24) is 20.3 Å². The Kier molecular flexibility index (Phi) is 6.40. The molecule has 1 aliphatic rings. The van der Waals surface area contributed by atoms with E-state index in [1.54, 1.807) is 6.33 Å². The lowest BCUT2D eigenvalue weighted by Crippen LogP contribution is -2.20. The molecule has 0 spiro atoms. The highest BCUT2D eigenvalue weighted by Crippen LogP contribution is 2.36. The Labute approximate surface area is 171 Å². The maximum atomic E-state index is 6.27. The molecule has 0 saturated carbocycles. The second-order valence-electron chi connectivity index (χ2n) is 7.52. The summed E-state index contributed by atoms with van der Waals surface area (Å²) in [6.45, 7) is 2.04. The van der Waals surface area contributed by atoms with Gasteiger partial charge < -0.3 is 10.3 Å². The summed E-state index contributed by atoms with van der Waals surface area (Å²) in [6, 6.07) is 10.6. The number of nitrogens with zero attached hydrogens (tertiary/aromatic N) is 2. The van der Waals surface area contributed by atoms with Gasteiger partial charge in [-0.05, 0) is 86.5 Å². The molecular formula is C23H27ClN4. The lowest BCUT2D eigenvalue weighted by Gasteiger charge is -2.20. The Morgan fingerprint density at radius 1 is 1.11 bits per heavy atom. The zero-order chi connectivity index (χ0) is 19.2. The van der Waals surface area contributed by atoms with E-state index in [9.17, 15) is 0 Å². The largest absolute Gasteiger partial charge is 0.348 e. The van der Waals surface area contributed by atoms with Crippen LogP contribution in [0.4, 0.5) is 0 Å². The fourth-order valence-corrected chi connectivity index (χ4v) is 4.37. The smallest absolute Gasteiger partial charge is 0.0921 e. The first-order valence-electron chi connectivity index (χ1n) is 10.2. The van der Waals surface area contributed by atoms with E-state index in [4.69, 9.17) is 16.6 Å². The molecule has 0 radical (unpaired) electrons. The Morgan fingerprint density at radius 2 is 2.04 bits per heavy atom. The summed E-state index contributed by atoms with van der Waals surface area (Å²) in [5.74, 6) is 0.337. The molecule has 2 N–H and O–H groups in total. The van der Waals surface area contributed by atoms with Crippen LogP contribution in [-0.2, 0) is 19.3 Å². The van der Waals surface area contributed by atoms with Gasteiger partial charge in [0.05, 0.1) is 12.0 Å². The predicted molar refractivity (Wildman–Crippen MR) is 114 cm³/mol. The van der Waals surface area contributed by atoms with Crippen LogP contribution in [0.25, 0.3) is 0 Å². The summed E-state index contributed by atoms with van der Waals surface area (Å²) < 4.78 is 0. The van der Waals surface area contributed by atoms with Crippen molar-refractivity contribution >= 4 is 11.6 Å². The Morgan fingerprint density at radius 3 is 2.93 bits per heavy atom. The average Bonchev–Trinajstić information content (AvgIpc) is 3.18. The lowest BCUT2D eigenvalue weighted by molar-refractivity contribution is 0.575. The van der Waals surface area contributed by atoms with Crippen LogP contribution in [0, 0.1) is 0 Å². The van der Waals surface area contributed by atoms with E-state index in [0.29, 0.717) is 5.92 Å². The molecule has 0 fully saturated rings. The summed E-state index contributed by atoms with van der Waals surface area (Å²) in [5, 5.41) is 4.45. The van der Waals surface area contributed by atoms with Crippen LogP contribution in [0.15, 0.2) is 49.1 Å². The first-order valence-corrected chi connectivity index (χ1v) is 10.6. The Balaban J connectivity index is 1.35. The fourth-order valence-electron chi connectivity index (χ4n) is 4.17. The zero-order valence-electron chi connectivity index (χ0n) is 16.1. The third-order valence-electron chi connectivity index (χ3n) is 5.61. The van der Waals surface area contributed by atoms with Crippen molar-refractivity contribution in [2.24, 2.45) is 0 Å². The average molecular weight is 395 g/mol. The van der Waals surface area contributed by atoms with Crippen molar-refractivity contribution in [3.63, 3.8) is 0 Å². The predicted octanol–water partition coefficient (Wildman–Crippen LogP) is 4.69. The quantitative estimate of drug-likeness (QED) is 0.545. The molecule has 0 aliphatic heterocycles. The van der Waals surface area contributed by atoms with Gasteiger partial charge in [0.1, 0.15) is 0 Å². The molecule has 1 atom stereocenters. The minimum atomic E-state index is 0.337. The number of H-pyrrole nitrogens is 1. The van der Waals surface area contributed by atoms with E-state index in [2.05, 4.69) is 39.6 Å². The maximum Gasteiger partial charge on any atom is 0.0921 e. The number of hydrogen-bond donors (Lipinski definition) is 2. The number of rotatable bonds is 8. The van der Waals surface area contributed by atoms with Crippen LogP contribution in [0.2, 0.25) is 5.02 Å². The number of aromatic nitrogens is 3. The molecule has 146 valence electrons. The van der Waals surface area contributed by atoms with E-state index >= 15 is 0 Å². The first-order chi connectivity index (χ1) is 13.8. The maximum absolute atomic E-state index is 6.27. The summed E-state index contributed by atoms with van der Waals surface area (Å²) in [6.07, 6.45) is 12.1. The molecule has 1 aliphatic carbocycles. The van der Waals surface area contributed by atoms with E-state index in [1.807, 2.05) is 18.5 Å². The Hall–Kier alpha value is -2.17. The van der Waals surface area contributed by atoms with E-state index in [0.717, 1.165) is 43.8 Å². The van der Waals surface area contributed by atoms with Gasteiger partial charge in [-0.25, -0.2) is 4.98 Å². The van der Waals surface area contributed by atoms with Gasteiger partial charge in [0.25, 0.3) is 0 Å². The van der Waals surface area contributed by atoms with Crippen LogP contribution in [0.3, 0.4) is 0 Å². The highest BCUT2D eigenvalue weighted by Gasteiger charge is 2.24. The summed E-state index contributed by atoms with van der Waals surface area (Å²) in [4.78, 5) is 12.0. The number of halogens is 1. The van der Waals surface area contributed by atoms with Gasteiger partial charge in [-0.3, -0.25) is 4.98 Å². The zero-order valence-corrected chi connectivity index (χ0v) is 16.9. The minimum Gasteiger partial charge on any atom is -0.348 e. The third kappa shape index (κ3) is 4.62. The monoisotopic (exact) mass is 394 g/mol. The number of nitrogens with one attached hydrogen (secondary N) is 2. The number of benzene rings is 1. The van der Waals surface area contributed by atoms with Crippen molar-refractivity contribution in [1.29, 1.82) is 0 Å². The number of unbranched alkanes of at least 4 members (excludes halogenated alkanes) is 1. The Bertz CT molecular complexity index is 891. The van der Waals surface area contributed by atoms with Crippen LogP contribution < -0.4 is 5.32 Å². The second-order valence-corrected chi connectivity index (χ2v) is 7.95. The van der Waals surface area contributed by atoms with Gasteiger partial charge in [-0.2, -0.15) is 0 Å². The molecule has 0 saturated heterocycles. The van der Waals surface area contributed by atoms with Gasteiger partial charge >= 0.3 is 0 Å². The van der Waals surface area contributed by atoms with E-state index in [1.165, 1.54) is 40.9 Å². The number of aryl methyl sites for hydroxylation is 3. The van der Waals surface area contributed by atoms with Gasteiger partial charge in [0, 0.05) is 29.0 Å². The number of pyridine rings is 1. The SMILES string of the molecule is Clc1ccc2c(c1)CCc1cccnc1C2CCNCCCCc1cnc[nH]1. The third-order valence-corrected chi connectivity index (χ3v) is 5.85. The summed E-state index contributed by atoms with van der Waals surface area (Å²) in [5.41, 5.74) is 6.60. The number of fused-ring (bicyclic) bond motifs is 2. The van der Waals surface area contributed by atoms with Crippen LogP contribution in [0.5, 0.6) is 0 Å². The first kappa shape index (κ1) is 19.2. The van der Waals surface area contributed by atoms with Crippen LogP contribution in [0.1, 0.15) is 53.3 Å². The topological polar surface area (TPSA) is 53.6 Å². The van der Waals surface area contributed by atoms with Crippen LogP contribution in [-0.4, -0.2) is 28.0 Å². The van der Waals surface area contributed by atoms with Crippen molar-refractivity contribution in [2.45, 2.75) is 44.4 Å². The highest BCUT2D eigenvalue weighted by atomic mass is 35.5. The number of hydrogen-bond acceptors (Lipinski definition) is 3. The van der Waals surface area contributed by atoms with Gasteiger partial charge in [0.15, 0.2) is 0 Å². The van der Waals surface area contributed by atoms with E-state index < -0.39 is 0 Å². The van der Waals surface area contributed by atoms with Crippen molar-refractivity contribution in [3.8, 4) is 0 Å². The lowest BCUT2D eigenvalue weighted by atomic mass is 9.89. The molecule has 0 amide bonds. The molecule has 0 bridgehead atoms. The normalized spacial score (nSPS) is 15.7. The van der Waals surface area contributed by atoms with Gasteiger partial charge in [-0.15, -0.1) is 0 Å². The number of imidazole rings is 1. The van der Waals surface area contributed by atoms with Gasteiger partial charge in [0.2, 0.25) is 0 Å². The molecule has 4 nitrogen and oxygen atoms in total.